The van der Waals surface area contributed by atoms with Gasteiger partial charge in [-0.15, -0.1) is 0 Å². The molecular weight excluding hydrogens is 295 g/mol. The van der Waals surface area contributed by atoms with Crippen molar-refractivity contribution in [3.05, 3.63) is 52.5 Å². The average Bonchev–Trinajstić information content (AvgIpc) is 2.46. The Morgan fingerprint density at radius 3 is 2.55 bits per heavy atom. The van der Waals surface area contributed by atoms with Gasteiger partial charge in [0.15, 0.2) is 5.15 Å². The van der Waals surface area contributed by atoms with Crippen molar-refractivity contribution < 1.29 is 0 Å². The number of nitrogens with one attached hydrogen (secondary N) is 2. The van der Waals surface area contributed by atoms with E-state index in [1.807, 2.05) is 12.1 Å². The first-order valence-electron chi connectivity index (χ1n) is 5.82. The Kier molecular flexibility index (Phi) is 4.71. The number of nitrogens with zero attached hydrogens (tertiary/aromatic N) is 2. The summed E-state index contributed by atoms with van der Waals surface area (Å²) >= 11 is 11.9. The number of benzene rings is 1. The number of allylic oxidation sites excluding steroid dienone is 1. The molecular formula is C14H12Cl2N4. The third-order valence-electron chi connectivity index (χ3n) is 2.60. The van der Waals surface area contributed by atoms with Crippen LogP contribution in [0.4, 0.5) is 0 Å². The van der Waals surface area contributed by atoms with Gasteiger partial charge in [-0.25, -0.2) is 9.97 Å². The molecule has 0 spiro atoms. The minimum atomic E-state index is 0.257. The molecule has 20 heavy (non-hydrogen) atoms. The predicted octanol–water partition coefficient (Wildman–Crippen LogP) is 3.66. The third-order valence-corrected chi connectivity index (χ3v) is 3.13. The van der Waals surface area contributed by atoms with E-state index in [0.717, 1.165) is 5.56 Å². The van der Waals surface area contributed by atoms with Gasteiger partial charge in [0.2, 0.25) is 0 Å². The summed E-state index contributed by atoms with van der Waals surface area (Å²) < 4.78 is 0. The fraction of sp³-hybridized carbons (Fsp3) is 0.0714. The molecule has 2 aromatic rings. The van der Waals surface area contributed by atoms with Crippen molar-refractivity contribution >= 4 is 35.0 Å². The molecule has 4 nitrogen and oxygen atoms in total. The van der Waals surface area contributed by atoms with Crippen LogP contribution in [0.15, 0.2) is 36.7 Å². The Morgan fingerprint density at radius 1 is 1.25 bits per heavy atom. The first-order chi connectivity index (χ1) is 9.65. The summed E-state index contributed by atoms with van der Waals surface area (Å²) in [6.45, 7) is 0. The minimum Gasteiger partial charge on any atom is -0.393 e. The highest BCUT2D eigenvalue weighted by molar-refractivity contribution is 6.32. The summed E-state index contributed by atoms with van der Waals surface area (Å²) in [6, 6.07) is 7.29. The highest BCUT2D eigenvalue weighted by Crippen LogP contribution is 2.24. The molecule has 0 aliphatic rings. The lowest BCUT2D eigenvalue weighted by Crippen LogP contribution is -2.01. The first kappa shape index (κ1) is 14.5. The Bertz CT molecular complexity index is 651. The lowest BCUT2D eigenvalue weighted by atomic mass is 10.1. The SMILES string of the molecule is CN/C=C(\C=N)c1nc(-c2ccc(Cl)cc2)cnc1Cl. The first-order valence-corrected chi connectivity index (χ1v) is 6.58. The molecule has 0 aliphatic heterocycles. The Labute approximate surface area is 127 Å². The normalized spacial score (nSPS) is 11.2. The van der Waals surface area contributed by atoms with Crippen LogP contribution in [0, 0.1) is 5.41 Å². The third kappa shape index (κ3) is 3.15. The van der Waals surface area contributed by atoms with E-state index < -0.39 is 0 Å². The van der Waals surface area contributed by atoms with Crippen LogP contribution in [-0.4, -0.2) is 23.2 Å². The van der Waals surface area contributed by atoms with Gasteiger partial charge in [-0.1, -0.05) is 35.3 Å². The zero-order chi connectivity index (χ0) is 14.5. The molecule has 6 heteroatoms. The van der Waals surface area contributed by atoms with Gasteiger partial charge in [0.1, 0.15) is 5.69 Å². The molecule has 0 saturated carbocycles. The van der Waals surface area contributed by atoms with Crippen molar-refractivity contribution in [2.45, 2.75) is 0 Å². The van der Waals surface area contributed by atoms with Crippen LogP contribution in [0.2, 0.25) is 10.2 Å². The second-order valence-corrected chi connectivity index (χ2v) is 4.73. The summed E-state index contributed by atoms with van der Waals surface area (Å²) in [5.74, 6) is 0. The minimum absolute atomic E-state index is 0.257. The van der Waals surface area contributed by atoms with E-state index in [0.29, 0.717) is 22.0 Å². The van der Waals surface area contributed by atoms with E-state index in [1.165, 1.54) is 6.21 Å². The van der Waals surface area contributed by atoms with E-state index in [9.17, 15) is 0 Å². The van der Waals surface area contributed by atoms with E-state index in [1.54, 1.807) is 31.6 Å². The molecule has 1 aromatic carbocycles. The molecule has 0 atom stereocenters. The smallest absolute Gasteiger partial charge is 0.155 e. The number of aromatic nitrogens is 2. The molecule has 0 aliphatic carbocycles. The van der Waals surface area contributed by atoms with E-state index in [2.05, 4.69) is 15.3 Å². The van der Waals surface area contributed by atoms with Gasteiger partial charge in [-0.3, -0.25) is 0 Å². The lowest BCUT2D eigenvalue weighted by Gasteiger charge is -2.07. The zero-order valence-electron chi connectivity index (χ0n) is 10.7. The molecule has 0 amide bonds. The molecule has 0 saturated heterocycles. The van der Waals surface area contributed by atoms with Gasteiger partial charge in [0, 0.05) is 35.6 Å². The summed E-state index contributed by atoms with van der Waals surface area (Å²) in [5, 5.41) is 11.2. The highest BCUT2D eigenvalue weighted by Gasteiger charge is 2.10. The van der Waals surface area contributed by atoms with Crippen molar-refractivity contribution in [2.75, 3.05) is 7.05 Å². The van der Waals surface area contributed by atoms with Crippen molar-refractivity contribution in [3.63, 3.8) is 0 Å². The molecule has 0 unspecified atom stereocenters. The standard InChI is InChI=1S/C14H12Cl2N4/c1-18-7-10(6-17)13-14(16)19-8-12(20-13)9-2-4-11(15)5-3-9/h2-8,17-18H,1H3/b10-7+,17-6?. The van der Waals surface area contributed by atoms with E-state index in [-0.39, 0.29) is 5.15 Å². The number of halogens is 2. The summed E-state index contributed by atoms with van der Waals surface area (Å²) in [7, 11) is 1.74. The van der Waals surface area contributed by atoms with Gasteiger partial charge in [-0.05, 0) is 12.1 Å². The second-order valence-electron chi connectivity index (χ2n) is 3.93. The lowest BCUT2D eigenvalue weighted by molar-refractivity contribution is 1.10. The zero-order valence-corrected chi connectivity index (χ0v) is 12.2. The fourth-order valence-electron chi connectivity index (χ4n) is 1.65. The number of hydrogen-bond donors (Lipinski definition) is 2. The quantitative estimate of drug-likeness (QED) is 0.847. The maximum absolute atomic E-state index is 7.42. The molecule has 0 radical (unpaired) electrons. The summed E-state index contributed by atoms with van der Waals surface area (Å²) in [5.41, 5.74) is 2.57. The number of rotatable bonds is 4. The Morgan fingerprint density at radius 2 is 1.95 bits per heavy atom. The van der Waals surface area contributed by atoms with Crippen LogP contribution in [0.5, 0.6) is 0 Å². The molecule has 1 aromatic heterocycles. The van der Waals surface area contributed by atoms with Crippen LogP contribution in [-0.2, 0) is 0 Å². The second kappa shape index (κ2) is 6.50. The van der Waals surface area contributed by atoms with Gasteiger partial charge in [-0.2, -0.15) is 0 Å². The number of hydrogen-bond acceptors (Lipinski definition) is 4. The molecule has 0 bridgehead atoms. The van der Waals surface area contributed by atoms with Gasteiger partial charge in [0.25, 0.3) is 0 Å². The summed E-state index contributed by atoms with van der Waals surface area (Å²) in [4.78, 5) is 8.59. The summed E-state index contributed by atoms with van der Waals surface area (Å²) in [6.07, 6.45) is 4.42. The van der Waals surface area contributed by atoms with E-state index in [4.69, 9.17) is 28.6 Å². The van der Waals surface area contributed by atoms with Gasteiger partial charge in [0.05, 0.1) is 11.9 Å². The maximum atomic E-state index is 7.42. The van der Waals surface area contributed by atoms with Crippen LogP contribution in [0.1, 0.15) is 5.69 Å². The molecule has 2 rings (SSSR count). The van der Waals surface area contributed by atoms with Crippen molar-refractivity contribution in [1.29, 1.82) is 5.41 Å². The fourth-order valence-corrected chi connectivity index (χ4v) is 1.98. The van der Waals surface area contributed by atoms with Gasteiger partial charge >= 0.3 is 0 Å². The van der Waals surface area contributed by atoms with Crippen LogP contribution in [0.25, 0.3) is 16.8 Å². The Hall–Kier alpha value is -1.91. The Balaban J connectivity index is 2.50. The van der Waals surface area contributed by atoms with Crippen LogP contribution < -0.4 is 5.32 Å². The highest BCUT2D eigenvalue weighted by atomic mass is 35.5. The molecule has 1 heterocycles. The van der Waals surface area contributed by atoms with Crippen molar-refractivity contribution in [3.8, 4) is 11.3 Å². The van der Waals surface area contributed by atoms with Crippen molar-refractivity contribution in [2.24, 2.45) is 0 Å². The van der Waals surface area contributed by atoms with Gasteiger partial charge < -0.3 is 10.7 Å². The molecule has 0 fully saturated rings. The van der Waals surface area contributed by atoms with Crippen LogP contribution in [0.3, 0.4) is 0 Å². The monoisotopic (exact) mass is 306 g/mol. The maximum Gasteiger partial charge on any atom is 0.155 e. The molecule has 2 N–H and O–H groups in total. The van der Waals surface area contributed by atoms with Crippen LogP contribution >= 0.6 is 23.2 Å². The largest absolute Gasteiger partial charge is 0.393 e. The topological polar surface area (TPSA) is 61.7 Å². The molecule has 102 valence electrons. The van der Waals surface area contributed by atoms with Crippen molar-refractivity contribution in [1.82, 2.24) is 15.3 Å². The predicted molar refractivity (Wildman–Crippen MR) is 83.3 cm³/mol. The van der Waals surface area contributed by atoms with E-state index >= 15 is 0 Å². The average molecular weight is 307 g/mol.